The Morgan fingerprint density at radius 1 is 0.853 bits per heavy atom. The van der Waals surface area contributed by atoms with Crippen molar-refractivity contribution in [3.8, 4) is 0 Å². The van der Waals surface area contributed by atoms with E-state index in [0.717, 1.165) is 69.1 Å². The van der Waals surface area contributed by atoms with Gasteiger partial charge in [-0.15, -0.1) is 0 Å². The van der Waals surface area contributed by atoms with Crippen molar-refractivity contribution in [2.75, 3.05) is 13.1 Å². The number of aliphatic carboxylic acids is 1. The van der Waals surface area contributed by atoms with E-state index in [0.29, 0.717) is 10.9 Å². The van der Waals surface area contributed by atoms with E-state index >= 15 is 0 Å². The van der Waals surface area contributed by atoms with Crippen molar-refractivity contribution in [3.63, 3.8) is 0 Å². The molecule has 0 spiro atoms. The van der Waals surface area contributed by atoms with Crippen LogP contribution in [0, 0.1) is 0 Å². The number of carboxylic acid groups (broad SMARTS) is 1. The Bertz CT molecular complexity index is 1030. The van der Waals surface area contributed by atoms with Gasteiger partial charge in [-0.2, -0.15) is 0 Å². The third-order valence-electron chi connectivity index (χ3n) is 7.19. The molecule has 0 unspecified atom stereocenters. The van der Waals surface area contributed by atoms with Crippen LogP contribution in [0.2, 0.25) is 0 Å². The fourth-order valence-electron chi connectivity index (χ4n) is 5.55. The van der Waals surface area contributed by atoms with Crippen LogP contribution < -0.4 is 0 Å². The van der Waals surface area contributed by atoms with Gasteiger partial charge < -0.3 is 19.9 Å². The molecule has 2 amide bonds. The lowest BCUT2D eigenvalue weighted by molar-refractivity contribution is -0.147. The number of fused-ring (bicyclic) bond motifs is 1. The van der Waals surface area contributed by atoms with Crippen LogP contribution in [0.4, 0.5) is 0 Å². The number of para-hydroxylation sites is 1. The lowest BCUT2D eigenvalue weighted by Crippen LogP contribution is -2.54. The van der Waals surface area contributed by atoms with Crippen LogP contribution in [0.5, 0.6) is 0 Å². The van der Waals surface area contributed by atoms with Crippen molar-refractivity contribution in [3.05, 3.63) is 36.0 Å². The van der Waals surface area contributed by atoms with E-state index in [2.05, 4.69) is 4.98 Å². The molecular weight excluding hydrogens is 434 g/mol. The topological polar surface area (TPSA) is 111 Å². The van der Waals surface area contributed by atoms with Crippen LogP contribution in [0.25, 0.3) is 10.9 Å². The summed E-state index contributed by atoms with van der Waals surface area (Å²) in [5.41, 5.74) is 0.889. The zero-order chi connectivity index (χ0) is 24.1. The maximum Gasteiger partial charge on any atom is 0.323 e. The summed E-state index contributed by atoms with van der Waals surface area (Å²) in [5.74, 6) is -3.28. The highest BCUT2D eigenvalue weighted by atomic mass is 16.4. The monoisotopic (exact) mass is 467 g/mol. The number of carboxylic acids is 1. The van der Waals surface area contributed by atoms with E-state index in [1.165, 1.54) is 6.20 Å². The summed E-state index contributed by atoms with van der Waals surface area (Å²) < 4.78 is 0. The predicted octanol–water partition coefficient (Wildman–Crippen LogP) is 3.76. The molecule has 2 saturated carbocycles. The highest BCUT2D eigenvalue weighted by Gasteiger charge is 2.35. The quantitative estimate of drug-likeness (QED) is 0.454. The molecule has 2 aromatic rings. The van der Waals surface area contributed by atoms with Crippen molar-refractivity contribution >= 4 is 34.5 Å². The van der Waals surface area contributed by atoms with Gasteiger partial charge >= 0.3 is 5.97 Å². The lowest BCUT2D eigenvalue weighted by Gasteiger charge is -2.42. The van der Waals surface area contributed by atoms with E-state index in [4.69, 9.17) is 0 Å². The molecule has 182 valence electrons. The van der Waals surface area contributed by atoms with Crippen LogP contribution in [0.15, 0.2) is 30.5 Å². The number of aromatic nitrogens is 1. The Kier molecular flexibility index (Phi) is 7.65. The van der Waals surface area contributed by atoms with Gasteiger partial charge in [0, 0.05) is 29.2 Å². The van der Waals surface area contributed by atoms with Crippen molar-refractivity contribution in [2.24, 2.45) is 0 Å². The molecule has 8 nitrogen and oxygen atoms in total. The molecule has 8 heteroatoms. The maximum atomic E-state index is 13.6. The van der Waals surface area contributed by atoms with Gasteiger partial charge in [0.05, 0.1) is 5.56 Å². The normalized spacial score (nSPS) is 17.4. The Morgan fingerprint density at radius 2 is 1.44 bits per heavy atom. The van der Waals surface area contributed by atoms with Crippen molar-refractivity contribution in [1.29, 1.82) is 0 Å². The number of hydrogen-bond donors (Lipinski definition) is 2. The van der Waals surface area contributed by atoms with E-state index < -0.39 is 30.7 Å². The second-order valence-corrected chi connectivity index (χ2v) is 9.52. The highest BCUT2D eigenvalue weighted by molar-refractivity contribution is 6.45. The fraction of sp³-hybridized carbons (Fsp3) is 0.538. The minimum Gasteiger partial charge on any atom is -0.480 e. The number of H-pyrrole nitrogens is 1. The molecule has 0 bridgehead atoms. The Balaban J connectivity index is 1.55. The third-order valence-corrected chi connectivity index (χ3v) is 7.19. The standard InChI is InChI=1S/C26H33N3O5/c30-23(29(18-9-3-1-4-10-18)19-11-5-2-6-12-19)16-28(17-24(31)32)26(34)25(33)21-15-27-22-14-8-7-13-20(21)22/h7-8,13-15,18-19,27H,1-6,9-12,16-17H2,(H,31,32). The molecule has 4 rings (SSSR count). The number of hydrogen-bond acceptors (Lipinski definition) is 4. The zero-order valence-corrected chi connectivity index (χ0v) is 19.5. The summed E-state index contributed by atoms with van der Waals surface area (Å²) in [7, 11) is 0. The molecule has 0 aliphatic heterocycles. The molecule has 34 heavy (non-hydrogen) atoms. The maximum absolute atomic E-state index is 13.6. The molecule has 1 aromatic carbocycles. The van der Waals surface area contributed by atoms with Gasteiger partial charge in [0.15, 0.2) is 0 Å². The molecular formula is C26H33N3O5. The first kappa shape index (κ1) is 24.0. The smallest absolute Gasteiger partial charge is 0.323 e. The largest absolute Gasteiger partial charge is 0.480 e. The van der Waals surface area contributed by atoms with Gasteiger partial charge in [-0.05, 0) is 31.7 Å². The van der Waals surface area contributed by atoms with Gasteiger partial charge in [0.25, 0.3) is 11.7 Å². The number of nitrogens with one attached hydrogen (secondary N) is 1. The lowest BCUT2D eigenvalue weighted by atomic mass is 9.88. The number of nitrogens with zero attached hydrogens (tertiary/aromatic N) is 2. The first-order valence-corrected chi connectivity index (χ1v) is 12.4. The van der Waals surface area contributed by atoms with Gasteiger partial charge in [-0.1, -0.05) is 56.7 Å². The number of benzene rings is 1. The number of Topliss-reactive ketones (excluding diaryl/α,β-unsaturated/α-hetero) is 1. The first-order valence-electron chi connectivity index (χ1n) is 12.4. The minimum atomic E-state index is -1.25. The Hall–Kier alpha value is -3.16. The molecule has 2 fully saturated rings. The summed E-state index contributed by atoms with van der Waals surface area (Å²) in [6.07, 6.45) is 11.8. The molecule has 0 radical (unpaired) electrons. The Morgan fingerprint density at radius 3 is 2.03 bits per heavy atom. The number of ketones is 1. The first-order chi connectivity index (χ1) is 16.5. The van der Waals surface area contributed by atoms with E-state index in [-0.39, 0.29) is 23.6 Å². The second kappa shape index (κ2) is 10.8. The van der Waals surface area contributed by atoms with Gasteiger partial charge in [-0.25, -0.2) is 0 Å². The molecule has 1 heterocycles. The van der Waals surface area contributed by atoms with Crippen LogP contribution in [0.1, 0.15) is 74.6 Å². The van der Waals surface area contributed by atoms with Crippen LogP contribution >= 0.6 is 0 Å². The zero-order valence-electron chi connectivity index (χ0n) is 19.5. The average Bonchev–Trinajstić information content (AvgIpc) is 3.28. The average molecular weight is 468 g/mol. The van der Waals surface area contributed by atoms with Crippen molar-refractivity contribution in [2.45, 2.75) is 76.3 Å². The summed E-state index contributed by atoms with van der Waals surface area (Å²) >= 11 is 0. The molecule has 2 aliphatic carbocycles. The molecule has 0 atom stereocenters. The van der Waals surface area contributed by atoms with Crippen LogP contribution in [-0.2, 0) is 14.4 Å². The number of carbonyl (C=O) groups excluding carboxylic acids is 3. The van der Waals surface area contributed by atoms with Crippen molar-refractivity contribution < 1.29 is 24.3 Å². The van der Waals surface area contributed by atoms with Crippen molar-refractivity contribution in [1.82, 2.24) is 14.8 Å². The Labute approximate surface area is 199 Å². The third kappa shape index (κ3) is 5.32. The number of amides is 2. The van der Waals surface area contributed by atoms with E-state index in [1.54, 1.807) is 18.2 Å². The molecule has 0 saturated heterocycles. The number of carbonyl (C=O) groups is 4. The van der Waals surface area contributed by atoms with Crippen LogP contribution in [-0.4, -0.2) is 68.6 Å². The highest BCUT2D eigenvalue weighted by Crippen LogP contribution is 2.30. The summed E-state index contributed by atoms with van der Waals surface area (Å²) in [5, 5.41) is 10.0. The molecule has 1 aromatic heterocycles. The van der Waals surface area contributed by atoms with Gasteiger partial charge in [0.2, 0.25) is 5.91 Å². The van der Waals surface area contributed by atoms with Gasteiger partial charge in [-0.3, -0.25) is 19.2 Å². The number of aromatic amines is 1. The van der Waals surface area contributed by atoms with E-state index in [9.17, 15) is 24.3 Å². The second-order valence-electron chi connectivity index (χ2n) is 9.52. The summed E-state index contributed by atoms with van der Waals surface area (Å²) in [4.78, 5) is 57.2. The van der Waals surface area contributed by atoms with E-state index in [1.807, 2.05) is 11.0 Å². The predicted molar refractivity (Wildman–Crippen MR) is 127 cm³/mol. The summed E-state index contributed by atoms with van der Waals surface area (Å²) in [6.45, 7) is -1.09. The summed E-state index contributed by atoms with van der Waals surface area (Å²) in [6, 6.07) is 7.34. The molecule has 2 aliphatic rings. The van der Waals surface area contributed by atoms with Gasteiger partial charge in [0.1, 0.15) is 13.1 Å². The SMILES string of the molecule is O=C(O)CN(CC(=O)N(C1CCCCC1)C1CCCCC1)C(=O)C(=O)c1c[nH]c2ccccc12. The van der Waals surface area contributed by atoms with Crippen LogP contribution in [0.3, 0.4) is 0 Å². The number of rotatable bonds is 8. The molecule has 2 N–H and O–H groups in total. The fourth-order valence-corrected chi connectivity index (χ4v) is 5.55. The minimum absolute atomic E-state index is 0.121.